The van der Waals surface area contributed by atoms with Crippen molar-refractivity contribution in [3.05, 3.63) is 109 Å². The molecule has 0 saturated carbocycles. The molecule has 0 bridgehead atoms. The zero-order valence-corrected chi connectivity index (χ0v) is 26.1. The number of rotatable bonds is 11. The van der Waals surface area contributed by atoms with Crippen LogP contribution in [0.15, 0.2) is 97.8 Å². The summed E-state index contributed by atoms with van der Waals surface area (Å²) in [5.41, 5.74) is 8.45. The number of hydrogen-bond acceptors (Lipinski definition) is 8. The Labute approximate surface area is 269 Å². The molecule has 230 valence electrons. The van der Waals surface area contributed by atoms with E-state index in [2.05, 4.69) is 33.8 Å². The zero-order chi connectivity index (χ0) is 31.9. The van der Waals surface area contributed by atoms with Crippen LogP contribution in [0.5, 0.6) is 11.5 Å². The summed E-state index contributed by atoms with van der Waals surface area (Å²) in [4.78, 5) is 27.3. The first-order valence-electron chi connectivity index (χ1n) is 15.8. The molecule has 4 aromatic heterocycles. The SMILES string of the molecule is CCCCc1cc(-c2cnccn2)c(O)c(-c2cccc(-c3cccc(-c4cc(CCCC)cc(-c5cnccn5)c4O)n3)n2)c1. The highest BCUT2D eigenvalue weighted by Crippen LogP contribution is 2.40. The standard InChI is InChI=1S/C38H36N6O2/c1-3-5-9-25-19-27(37(45)29(21-25)35-23-39-15-17-41-35)31-11-7-13-33(43-31)34-14-8-12-32(44-34)28-20-26(10-6-4-2)22-30(38(28)46)36-24-40-16-18-42-36/h7-8,11-24,45-46H,3-6,9-10H2,1-2H3. The lowest BCUT2D eigenvalue weighted by molar-refractivity contribution is 0.478. The van der Waals surface area contributed by atoms with E-state index < -0.39 is 0 Å². The average molecular weight is 609 g/mol. The van der Waals surface area contributed by atoms with E-state index in [9.17, 15) is 10.2 Å². The molecule has 0 aliphatic heterocycles. The fraction of sp³-hybridized carbons (Fsp3) is 0.211. The lowest BCUT2D eigenvalue weighted by Crippen LogP contribution is -1.97. The molecular formula is C38H36N6O2. The number of benzene rings is 2. The van der Waals surface area contributed by atoms with Crippen LogP contribution in [0.25, 0.3) is 56.4 Å². The Bertz CT molecular complexity index is 1810. The number of unbranched alkanes of at least 4 members (excludes halogenated alkanes) is 2. The van der Waals surface area contributed by atoms with Gasteiger partial charge in [0.2, 0.25) is 0 Å². The van der Waals surface area contributed by atoms with E-state index in [-0.39, 0.29) is 11.5 Å². The summed E-state index contributed by atoms with van der Waals surface area (Å²) in [7, 11) is 0. The quantitative estimate of drug-likeness (QED) is 0.150. The summed E-state index contributed by atoms with van der Waals surface area (Å²) in [6, 6.07) is 19.4. The van der Waals surface area contributed by atoms with Gasteiger partial charge in [-0.05, 0) is 85.3 Å². The van der Waals surface area contributed by atoms with Crippen molar-refractivity contribution in [1.29, 1.82) is 0 Å². The van der Waals surface area contributed by atoms with Crippen molar-refractivity contribution in [3.8, 4) is 67.9 Å². The van der Waals surface area contributed by atoms with Crippen molar-refractivity contribution in [2.75, 3.05) is 0 Å². The molecule has 4 heterocycles. The minimum atomic E-state index is 0.109. The monoisotopic (exact) mass is 608 g/mol. The molecule has 8 nitrogen and oxygen atoms in total. The normalized spacial score (nSPS) is 11.1. The summed E-state index contributed by atoms with van der Waals surface area (Å²) in [6.45, 7) is 4.32. The van der Waals surface area contributed by atoms with E-state index in [0.717, 1.165) is 49.7 Å². The highest BCUT2D eigenvalue weighted by Gasteiger charge is 2.18. The van der Waals surface area contributed by atoms with Gasteiger partial charge in [0, 0.05) is 47.0 Å². The van der Waals surface area contributed by atoms with E-state index in [4.69, 9.17) is 9.97 Å². The van der Waals surface area contributed by atoms with E-state index in [0.29, 0.717) is 56.4 Å². The molecule has 0 aliphatic carbocycles. The molecule has 6 rings (SSSR count). The lowest BCUT2D eigenvalue weighted by atomic mass is 9.96. The molecule has 46 heavy (non-hydrogen) atoms. The lowest BCUT2D eigenvalue weighted by Gasteiger charge is -2.14. The second-order valence-electron chi connectivity index (χ2n) is 11.3. The van der Waals surface area contributed by atoms with Crippen LogP contribution in [-0.4, -0.2) is 40.1 Å². The van der Waals surface area contributed by atoms with Gasteiger partial charge in [0.1, 0.15) is 11.5 Å². The zero-order valence-electron chi connectivity index (χ0n) is 26.1. The second-order valence-corrected chi connectivity index (χ2v) is 11.3. The van der Waals surface area contributed by atoms with Gasteiger partial charge < -0.3 is 10.2 Å². The van der Waals surface area contributed by atoms with E-state index in [1.54, 1.807) is 37.2 Å². The van der Waals surface area contributed by atoms with Gasteiger partial charge in [0.15, 0.2) is 0 Å². The van der Waals surface area contributed by atoms with Gasteiger partial charge in [0.25, 0.3) is 0 Å². The number of phenolic OH excluding ortho intramolecular Hbond substituents is 2. The molecule has 0 atom stereocenters. The van der Waals surface area contributed by atoms with Crippen LogP contribution in [0, 0.1) is 0 Å². The first-order valence-corrected chi connectivity index (χ1v) is 15.8. The topological polar surface area (TPSA) is 118 Å². The average Bonchev–Trinajstić information content (AvgIpc) is 3.11. The Hall–Kier alpha value is -5.50. The third-order valence-corrected chi connectivity index (χ3v) is 7.97. The third kappa shape index (κ3) is 6.61. The second kappa shape index (κ2) is 14.1. The molecule has 2 aromatic carbocycles. The van der Waals surface area contributed by atoms with E-state index in [1.165, 1.54) is 0 Å². The maximum absolute atomic E-state index is 11.5. The van der Waals surface area contributed by atoms with Crippen LogP contribution < -0.4 is 0 Å². The van der Waals surface area contributed by atoms with Gasteiger partial charge in [0.05, 0.1) is 46.6 Å². The number of aryl methyl sites for hydroxylation is 2. The van der Waals surface area contributed by atoms with Crippen LogP contribution in [0.2, 0.25) is 0 Å². The van der Waals surface area contributed by atoms with Gasteiger partial charge in [-0.25, -0.2) is 9.97 Å². The smallest absolute Gasteiger partial charge is 0.134 e. The Morgan fingerprint density at radius 1 is 0.500 bits per heavy atom. The summed E-state index contributed by atoms with van der Waals surface area (Å²) in [5.74, 6) is 0.218. The van der Waals surface area contributed by atoms with E-state index in [1.807, 2.05) is 60.7 Å². The summed E-state index contributed by atoms with van der Waals surface area (Å²) in [5, 5.41) is 23.0. The molecule has 0 aliphatic rings. The van der Waals surface area contributed by atoms with Crippen molar-refractivity contribution >= 4 is 0 Å². The predicted molar refractivity (Wildman–Crippen MR) is 181 cm³/mol. The Morgan fingerprint density at radius 3 is 1.26 bits per heavy atom. The highest BCUT2D eigenvalue weighted by molar-refractivity contribution is 5.82. The highest BCUT2D eigenvalue weighted by atomic mass is 16.3. The molecule has 0 radical (unpaired) electrons. The largest absolute Gasteiger partial charge is 0.507 e. The van der Waals surface area contributed by atoms with Crippen molar-refractivity contribution in [2.24, 2.45) is 0 Å². The number of aromatic nitrogens is 6. The van der Waals surface area contributed by atoms with Gasteiger partial charge in [-0.1, -0.05) is 38.8 Å². The van der Waals surface area contributed by atoms with Crippen LogP contribution in [0.1, 0.15) is 50.7 Å². The molecule has 0 spiro atoms. The molecule has 0 fully saturated rings. The molecule has 2 N–H and O–H groups in total. The van der Waals surface area contributed by atoms with Gasteiger partial charge >= 0.3 is 0 Å². The minimum Gasteiger partial charge on any atom is -0.507 e. The van der Waals surface area contributed by atoms with Crippen molar-refractivity contribution in [1.82, 2.24) is 29.9 Å². The molecule has 8 heteroatoms. The van der Waals surface area contributed by atoms with Crippen molar-refractivity contribution in [2.45, 2.75) is 52.4 Å². The summed E-state index contributed by atoms with van der Waals surface area (Å²) < 4.78 is 0. The summed E-state index contributed by atoms with van der Waals surface area (Å²) >= 11 is 0. The van der Waals surface area contributed by atoms with Crippen LogP contribution in [0.3, 0.4) is 0 Å². The Kier molecular flexibility index (Phi) is 9.34. The first kappa shape index (κ1) is 30.5. The molecule has 0 saturated heterocycles. The number of nitrogens with zero attached hydrogens (tertiary/aromatic N) is 6. The van der Waals surface area contributed by atoms with Crippen LogP contribution in [-0.2, 0) is 12.8 Å². The summed E-state index contributed by atoms with van der Waals surface area (Å²) in [6.07, 6.45) is 15.7. The maximum atomic E-state index is 11.5. The molecular weight excluding hydrogens is 572 g/mol. The molecule has 0 amide bonds. The fourth-order valence-corrected chi connectivity index (χ4v) is 5.55. The van der Waals surface area contributed by atoms with Gasteiger partial charge in [-0.15, -0.1) is 0 Å². The maximum Gasteiger partial charge on any atom is 0.134 e. The van der Waals surface area contributed by atoms with E-state index >= 15 is 0 Å². The number of pyridine rings is 2. The Morgan fingerprint density at radius 2 is 0.891 bits per heavy atom. The number of aromatic hydroxyl groups is 2. The minimum absolute atomic E-state index is 0.109. The van der Waals surface area contributed by atoms with Crippen LogP contribution in [0.4, 0.5) is 0 Å². The fourth-order valence-electron chi connectivity index (χ4n) is 5.55. The molecule has 6 aromatic rings. The third-order valence-electron chi connectivity index (χ3n) is 7.97. The number of hydrogen-bond donors (Lipinski definition) is 2. The van der Waals surface area contributed by atoms with Gasteiger partial charge in [-0.2, -0.15) is 0 Å². The predicted octanol–water partition coefficient (Wildman–Crippen LogP) is 8.49. The molecule has 0 unspecified atom stereocenters. The van der Waals surface area contributed by atoms with Crippen molar-refractivity contribution in [3.63, 3.8) is 0 Å². The Balaban J connectivity index is 1.42. The first-order chi connectivity index (χ1) is 22.6. The van der Waals surface area contributed by atoms with Crippen molar-refractivity contribution < 1.29 is 10.2 Å². The number of phenols is 2. The van der Waals surface area contributed by atoms with Gasteiger partial charge in [-0.3, -0.25) is 19.9 Å². The van der Waals surface area contributed by atoms with Crippen LogP contribution >= 0.6 is 0 Å².